The van der Waals surface area contributed by atoms with Crippen molar-refractivity contribution >= 4 is 23.2 Å². The third-order valence-electron chi connectivity index (χ3n) is 8.27. The summed E-state index contributed by atoms with van der Waals surface area (Å²) in [6.45, 7) is 6.70. The molecule has 0 N–H and O–H groups in total. The van der Waals surface area contributed by atoms with Crippen molar-refractivity contribution in [2.75, 3.05) is 39.3 Å². The van der Waals surface area contributed by atoms with E-state index in [0.29, 0.717) is 39.0 Å². The van der Waals surface area contributed by atoms with Crippen molar-refractivity contribution in [3.05, 3.63) is 57.8 Å². The average molecular weight is 538 g/mol. The fourth-order valence-electron chi connectivity index (χ4n) is 5.98. The van der Waals surface area contributed by atoms with Crippen molar-refractivity contribution in [2.24, 2.45) is 0 Å². The molecule has 208 valence electrons. The molecule has 1 aromatic carbocycles. The van der Waals surface area contributed by atoms with Crippen LogP contribution in [0, 0.1) is 0 Å². The summed E-state index contributed by atoms with van der Waals surface area (Å²) in [5.41, 5.74) is 2.71. The first kappa shape index (κ1) is 28.8. The summed E-state index contributed by atoms with van der Waals surface area (Å²) in [4.78, 5) is 33.7. The van der Waals surface area contributed by atoms with Gasteiger partial charge in [-0.15, -0.1) is 11.3 Å². The van der Waals surface area contributed by atoms with Gasteiger partial charge in [-0.05, 0) is 35.4 Å². The zero-order chi connectivity index (χ0) is 26.6. The number of unbranched alkanes of at least 4 members (excludes halogenated alkanes) is 8. The Labute approximate surface area is 234 Å². The molecule has 0 spiro atoms. The summed E-state index contributed by atoms with van der Waals surface area (Å²) in [5, 5.41) is 2.20. The van der Waals surface area contributed by atoms with Crippen LogP contribution in [-0.2, 0) is 16.0 Å². The minimum absolute atomic E-state index is 0.221. The number of hydrogen-bond donors (Lipinski definition) is 0. The van der Waals surface area contributed by atoms with Crippen molar-refractivity contribution in [3.63, 3.8) is 0 Å². The Kier molecular flexibility index (Phi) is 11.7. The monoisotopic (exact) mass is 537 g/mol. The van der Waals surface area contributed by atoms with E-state index in [1.54, 1.807) is 0 Å². The molecule has 4 rings (SSSR count). The number of carbonyl (C=O) groups excluding carboxylic acids is 2. The summed E-state index contributed by atoms with van der Waals surface area (Å²) in [5.74, 6) is 0.490. The van der Waals surface area contributed by atoms with Crippen molar-refractivity contribution in [3.8, 4) is 0 Å². The zero-order valence-corrected chi connectivity index (χ0v) is 24.2. The van der Waals surface area contributed by atoms with Crippen LogP contribution in [-0.4, -0.2) is 65.8 Å². The van der Waals surface area contributed by atoms with E-state index >= 15 is 0 Å². The maximum absolute atomic E-state index is 13.1. The van der Waals surface area contributed by atoms with Crippen LogP contribution in [0.4, 0.5) is 0 Å². The number of benzene rings is 1. The van der Waals surface area contributed by atoms with Crippen LogP contribution >= 0.6 is 11.3 Å². The number of rotatable bonds is 14. The number of nitrogens with zero attached hydrogens (tertiary/aromatic N) is 3. The number of amides is 2. The predicted octanol–water partition coefficient (Wildman–Crippen LogP) is 6.68. The fraction of sp³-hybridized carbons (Fsp3) is 0.625. The average Bonchev–Trinajstić information content (AvgIpc) is 3.44. The molecule has 1 fully saturated rings. The second kappa shape index (κ2) is 15.4. The minimum atomic E-state index is 0.221. The Morgan fingerprint density at radius 1 is 0.763 bits per heavy atom. The Morgan fingerprint density at radius 2 is 1.37 bits per heavy atom. The van der Waals surface area contributed by atoms with E-state index in [2.05, 4.69) is 53.6 Å². The molecule has 2 aliphatic heterocycles. The first-order valence-corrected chi connectivity index (χ1v) is 16.0. The predicted molar refractivity (Wildman–Crippen MR) is 158 cm³/mol. The molecule has 0 bridgehead atoms. The molecule has 1 aromatic heterocycles. The number of piperazine rings is 1. The van der Waals surface area contributed by atoms with E-state index in [1.807, 2.05) is 21.1 Å². The molecule has 3 heterocycles. The molecule has 2 aliphatic rings. The highest BCUT2D eigenvalue weighted by atomic mass is 32.1. The summed E-state index contributed by atoms with van der Waals surface area (Å²) in [6.07, 6.45) is 13.7. The van der Waals surface area contributed by atoms with Crippen LogP contribution < -0.4 is 0 Å². The van der Waals surface area contributed by atoms with E-state index in [9.17, 15) is 9.59 Å². The maximum Gasteiger partial charge on any atom is 0.223 e. The highest BCUT2D eigenvalue weighted by Crippen LogP contribution is 2.37. The lowest BCUT2D eigenvalue weighted by Crippen LogP contribution is -2.51. The second-order valence-corrected chi connectivity index (χ2v) is 12.0. The van der Waals surface area contributed by atoms with E-state index in [4.69, 9.17) is 0 Å². The number of carbonyl (C=O) groups is 2. The highest BCUT2D eigenvalue weighted by molar-refractivity contribution is 7.10. The van der Waals surface area contributed by atoms with Gasteiger partial charge in [0.25, 0.3) is 0 Å². The molecule has 2 amide bonds. The third kappa shape index (κ3) is 8.16. The highest BCUT2D eigenvalue weighted by Gasteiger charge is 2.30. The van der Waals surface area contributed by atoms with Crippen LogP contribution in [0.3, 0.4) is 0 Å². The van der Waals surface area contributed by atoms with E-state index in [-0.39, 0.29) is 17.9 Å². The van der Waals surface area contributed by atoms with Gasteiger partial charge in [0.1, 0.15) is 0 Å². The van der Waals surface area contributed by atoms with Gasteiger partial charge in [0.05, 0.1) is 6.04 Å². The van der Waals surface area contributed by atoms with Gasteiger partial charge in [-0.2, -0.15) is 0 Å². The standard InChI is InChI=1S/C32H47N3O2S/c1-2-3-4-5-6-7-8-9-13-16-30(36)33-22-24-34(25-23-33)31(37)18-21-35-20-17-29-28(19-26-38-29)32(35)27-14-11-10-12-15-27/h10-12,14-15,19,26,32H,2-9,13,16-18,20-25H2,1H3/t32-/m0/s1. The van der Waals surface area contributed by atoms with Gasteiger partial charge < -0.3 is 9.80 Å². The summed E-state index contributed by atoms with van der Waals surface area (Å²) < 4.78 is 0. The lowest BCUT2D eigenvalue weighted by Gasteiger charge is -2.38. The summed E-state index contributed by atoms with van der Waals surface area (Å²) in [7, 11) is 0. The quantitative estimate of drug-likeness (QED) is 0.253. The number of hydrogen-bond acceptors (Lipinski definition) is 4. The summed E-state index contributed by atoms with van der Waals surface area (Å²) >= 11 is 1.85. The van der Waals surface area contributed by atoms with Crippen LogP contribution in [0.5, 0.6) is 0 Å². The molecular weight excluding hydrogens is 490 g/mol. The largest absolute Gasteiger partial charge is 0.339 e. The van der Waals surface area contributed by atoms with Gasteiger partial charge in [0.15, 0.2) is 0 Å². The van der Waals surface area contributed by atoms with Gasteiger partial charge in [-0.3, -0.25) is 14.5 Å². The number of fused-ring (bicyclic) bond motifs is 1. The maximum atomic E-state index is 13.1. The molecule has 1 atom stereocenters. The molecule has 1 saturated heterocycles. The molecule has 5 nitrogen and oxygen atoms in total. The van der Waals surface area contributed by atoms with Gasteiger partial charge in [0.2, 0.25) is 11.8 Å². The first-order chi connectivity index (χ1) is 18.7. The lowest BCUT2D eigenvalue weighted by atomic mass is 9.93. The van der Waals surface area contributed by atoms with Gasteiger partial charge in [-0.1, -0.05) is 88.6 Å². The molecule has 2 aromatic rings. The SMILES string of the molecule is CCCCCCCCCCCC(=O)N1CCN(C(=O)CCN2CCc3sccc3[C@@H]2c2ccccc2)CC1. The van der Waals surface area contributed by atoms with Crippen molar-refractivity contribution in [1.82, 2.24) is 14.7 Å². The topological polar surface area (TPSA) is 43.9 Å². The van der Waals surface area contributed by atoms with E-state index in [0.717, 1.165) is 32.4 Å². The van der Waals surface area contributed by atoms with Gasteiger partial charge >= 0.3 is 0 Å². The molecule has 0 unspecified atom stereocenters. The molecule has 0 radical (unpaired) electrons. The fourth-order valence-corrected chi connectivity index (χ4v) is 6.89. The Balaban J connectivity index is 1.15. The van der Waals surface area contributed by atoms with Crippen molar-refractivity contribution < 1.29 is 9.59 Å². The Bertz CT molecular complexity index is 984. The normalized spacial score (nSPS) is 18.0. The Hall–Kier alpha value is -2.18. The van der Waals surface area contributed by atoms with E-state index in [1.165, 1.54) is 60.9 Å². The molecule has 38 heavy (non-hydrogen) atoms. The van der Waals surface area contributed by atoms with Crippen molar-refractivity contribution in [1.29, 1.82) is 0 Å². The van der Waals surface area contributed by atoms with Gasteiger partial charge in [0, 0.05) is 57.0 Å². The second-order valence-electron chi connectivity index (χ2n) is 11.0. The lowest BCUT2D eigenvalue weighted by molar-refractivity contribution is -0.139. The minimum Gasteiger partial charge on any atom is -0.339 e. The molecule has 6 heteroatoms. The molecule has 0 aliphatic carbocycles. The van der Waals surface area contributed by atoms with Crippen molar-refractivity contribution in [2.45, 2.75) is 90.0 Å². The van der Waals surface area contributed by atoms with Crippen LogP contribution in [0.2, 0.25) is 0 Å². The first-order valence-electron chi connectivity index (χ1n) is 15.1. The number of thiophene rings is 1. The van der Waals surface area contributed by atoms with Crippen LogP contribution in [0.25, 0.3) is 0 Å². The Morgan fingerprint density at radius 3 is 2.03 bits per heavy atom. The van der Waals surface area contributed by atoms with Crippen LogP contribution in [0.15, 0.2) is 41.8 Å². The van der Waals surface area contributed by atoms with Crippen LogP contribution in [0.1, 0.15) is 99.6 Å². The third-order valence-corrected chi connectivity index (χ3v) is 9.27. The van der Waals surface area contributed by atoms with Gasteiger partial charge in [-0.25, -0.2) is 0 Å². The summed E-state index contributed by atoms with van der Waals surface area (Å²) in [6, 6.07) is 13.2. The molecular formula is C32H47N3O2S. The molecule has 0 saturated carbocycles. The smallest absolute Gasteiger partial charge is 0.223 e. The van der Waals surface area contributed by atoms with E-state index < -0.39 is 0 Å². The zero-order valence-electron chi connectivity index (χ0n) is 23.4.